The highest BCUT2D eigenvalue weighted by Gasteiger charge is 2.20. The molecule has 0 bridgehead atoms. The van der Waals surface area contributed by atoms with E-state index in [1.807, 2.05) is 29.2 Å². The van der Waals surface area contributed by atoms with E-state index in [1.165, 1.54) is 0 Å². The molecule has 0 radical (unpaired) electrons. The van der Waals surface area contributed by atoms with Gasteiger partial charge in [0.05, 0.1) is 12.1 Å². The molecule has 0 saturated carbocycles. The maximum Gasteiger partial charge on any atom is 0.246 e. The summed E-state index contributed by atoms with van der Waals surface area (Å²) in [5.74, 6) is 1.15. The Hall–Kier alpha value is -2.67. The number of hydrogen-bond donors (Lipinski definition) is 1. The number of carbonyl (C=O) groups is 1. The topological polar surface area (TPSA) is 75.3 Å². The van der Waals surface area contributed by atoms with E-state index in [-0.39, 0.29) is 5.91 Å². The molecular weight excluding hydrogens is 421 g/mol. The maximum atomic E-state index is 12.5. The molecule has 0 unspecified atom stereocenters. The van der Waals surface area contributed by atoms with Crippen LogP contribution in [-0.2, 0) is 11.3 Å². The van der Waals surface area contributed by atoms with Crippen molar-refractivity contribution in [3.63, 3.8) is 0 Å². The van der Waals surface area contributed by atoms with Crippen LogP contribution in [0.3, 0.4) is 0 Å². The number of halogens is 2. The lowest BCUT2D eigenvalue weighted by Gasteiger charge is -2.33. The van der Waals surface area contributed by atoms with Crippen LogP contribution in [0, 0.1) is 0 Å². The van der Waals surface area contributed by atoms with E-state index in [4.69, 9.17) is 28.9 Å². The van der Waals surface area contributed by atoms with E-state index >= 15 is 0 Å². The van der Waals surface area contributed by atoms with Crippen LogP contribution in [0.25, 0.3) is 17.0 Å². The third kappa shape index (κ3) is 4.73. The molecule has 2 aromatic carbocycles. The van der Waals surface area contributed by atoms with Crippen molar-refractivity contribution in [3.8, 4) is 0 Å². The van der Waals surface area contributed by atoms with Gasteiger partial charge in [0.1, 0.15) is 11.6 Å². The standard InChI is InChI=1S/C22H21Cl2N5O/c23-16-6-7-18(24)15(13-16)5-8-21(30)29-11-9-28(10-12-29)14-20-26-19-4-2-1-3-17(19)22(25)27-20/h1-8,13H,9-12,14H2,(H2,25,26,27)/b8-5+. The van der Waals surface area contributed by atoms with Gasteiger partial charge in [0, 0.05) is 47.7 Å². The number of fused-ring (bicyclic) bond motifs is 1. The van der Waals surface area contributed by atoms with E-state index in [0.717, 1.165) is 29.6 Å². The van der Waals surface area contributed by atoms with Crippen LogP contribution in [0.15, 0.2) is 48.5 Å². The van der Waals surface area contributed by atoms with E-state index in [9.17, 15) is 4.79 Å². The molecule has 1 amide bonds. The van der Waals surface area contributed by atoms with Gasteiger partial charge in [-0.05, 0) is 42.0 Å². The lowest BCUT2D eigenvalue weighted by atomic mass is 10.2. The summed E-state index contributed by atoms with van der Waals surface area (Å²) in [6.07, 6.45) is 3.25. The Balaban J connectivity index is 1.35. The van der Waals surface area contributed by atoms with Crippen LogP contribution in [0.1, 0.15) is 11.4 Å². The fraction of sp³-hybridized carbons (Fsp3) is 0.227. The summed E-state index contributed by atoms with van der Waals surface area (Å²) < 4.78 is 0. The van der Waals surface area contributed by atoms with Crippen LogP contribution in [0.5, 0.6) is 0 Å². The molecule has 1 aliphatic rings. The van der Waals surface area contributed by atoms with Gasteiger partial charge in [0.25, 0.3) is 0 Å². The van der Waals surface area contributed by atoms with Gasteiger partial charge in [-0.2, -0.15) is 0 Å². The minimum atomic E-state index is -0.0445. The molecule has 3 aromatic rings. The number of nitrogens with two attached hydrogens (primary N) is 1. The average Bonchev–Trinajstić information content (AvgIpc) is 2.75. The molecule has 0 aliphatic carbocycles. The van der Waals surface area contributed by atoms with Gasteiger partial charge >= 0.3 is 0 Å². The van der Waals surface area contributed by atoms with Gasteiger partial charge in [-0.15, -0.1) is 0 Å². The quantitative estimate of drug-likeness (QED) is 0.621. The van der Waals surface area contributed by atoms with Crippen molar-refractivity contribution >= 4 is 51.9 Å². The summed E-state index contributed by atoms with van der Waals surface area (Å²) in [4.78, 5) is 25.6. The van der Waals surface area contributed by atoms with Gasteiger partial charge in [0.2, 0.25) is 5.91 Å². The Kier molecular flexibility index (Phi) is 6.18. The second-order valence-corrected chi connectivity index (χ2v) is 7.99. The van der Waals surface area contributed by atoms with E-state index in [0.29, 0.717) is 41.3 Å². The number of amides is 1. The number of piperazine rings is 1. The minimum Gasteiger partial charge on any atom is -0.383 e. The monoisotopic (exact) mass is 441 g/mol. The van der Waals surface area contributed by atoms with Crippen LogP contribution >= 0.6 is 23.2 Å². The number of benzene rings is 2. The first-order valence-corrected chi connectivity index (χ1v) is 10.4. The molecule has 1 saturated heterocycles. The number of rotatable bonds is 4. The third-order valence-electron chi connectivity index (χ3n) is 5.09. The van der Waals surface area contributed by atoms with E-state index in [1.54, 1.807) is 30.4 Å². The molecule has 6 nitrogen and oxygen atoms in total. The smallest absolute Gasteiger partial charge is 0.246 e. The van der Waals surface area contributed by atoms with Crippen molar-refractivity contribution in [2.75, 3.05) is 31.9 Å². The lowest BCUT2D eigenvalue weighted by molar-refractivity contribution is -0.127. The number of anilines is 1. The van der Waals surface area contributed by atoms with Crippen LogP contribution in [0.4, 0.5) is 5.82 Å². The van der Waals surface area contributed by atoms with Crippen molar-refractivity contribution in [2.45, 2.75) is 6.54 Å². The molecule has 1 aromatic heterocycles. The first kappa shape index (κ1) is 20.6. The molecule has 4 rings (SSSR count). The van der Waals surface area contributed by atoms with Gasteiger partial charge in [0.15, 0.2) is 0 Å². The summed E-state index contributed by atoms with van der Waals surface area (Å²) in [6, 6.07) is 12.9. The fourth-order valence-electron chi connectivity index (χ4n) is 3.46. The summed E-state index contributed by atoms with van der Waals surface area (Å²) >= 11 is 12.1. The van der Waals surface area contributed by atoms with E-state index < -0.39 is 0 Å². The zero-order valence-corrected chi connectivity index (χ0v) is 17.8. The molecule has 2 heterocycles. The van der Waals surface area contributed by atoms with Gasteiger partial charge in [-0.25, -0.2) is 9.97 Å². The number of aromatic nitrogens is 2. The zero-order valence-electron chi connectivity index (χ0n) is 16.3. The van der Waals surface area contributed by atoms with Gasteiger partial charge in [-0.3, -0.25) is 9.69 Å². The molecule has 0 atom stereocenters. The number of carbonyl (C=O) groups excluding carboxylic acids is 1. The second kappa shape index (κ2) is 9.00. The fourth-order valence-corrected chi connectivity index (χ4v) is 3.82. The number of para-hydroxylation sites is 1. The number of nitrogen functional groups attached to an aromatic ring is 1. The third-order valence-corrected chi connectivity index (χ3v) is 5.67. The molecule has 154 valence electrons. The maximum absolute atomic E-state index is 12.5. The van der Waals surface area contributed by atoms with Crippen LogP contribution < -0.4 is 5.73 Å². The molecule has 2 N–H and O–H groups in total. The first-order valence-electron chi connectivity index (χ1n) is 9.65. The highest BCUT2D eigenvalue weighted by molar-refractivity contribution is 6.34. The summed E-state index contributed by atoms with van der Waals surface area (Å²) in [5.41, 5.74) is 7.65. The Labute approximate surface area is 184 Å². The van der Waals surface area contributed by atoms with Gasteiger partial charge in [-0.1, -0.05) is 35.3 Å². The Morgan fingerprint density at radius 2 is 1.83 bits per heavy atom. The van der Waals surface area contributed by atoms with Crippen LogP contribution in [-0.4, -0.2) is 51.9 Å². The summed E-state index contributed by atoms with van der Waals surface area (Å²) in [6.45, 7) is 3.36. The van der Waals surface area contributed by atoms with Gasteiger partial charge < -0.3 is 10.6 Å². The molecule has 1 fully saturated rings. The van der Waals surface area contributed by atoms with Crippen molar-refractivity contribution in [2.24, 2.45) is 0 Å². The predicted molar refractivity (Wildman–Crippen MR) is 121 cm³/mol. The molecular formula is C22H21Cl2N5O. The largest absolute Gasteiger partial charge is 0.383 e. The molecule has 30 heavy (non-hydrogen) atoms. The highest BCUT2D eigenvalue weighted by atomic mass is 35.5. The van der Waals surface area contributed by atoms with Crippen molar-refractivity contribution in [1.82, 2.24) is 19.8 Å². The summed E-state index contributed by atoms with van der Waals surface area (Å²) in [7, 11) is 0. The molecule has 0 spiro atoms. The molecule has 1 aliphatic heterocycles. The lowest BCUT2D eigenvalue weighted by Crippen LogP contribution is -2.48. The Morgan fingerprint density at radius 1 is 1.07 bits per heavy atom. The zero-order chi connectivity index (χ0) is 21.1. The SMILES string of the molecule is Nc1nc(CN2CCN(C(=O)/C=C/c3cc(Cl)ccc3Cl)CC2)nc2ccccc12. The van der Waals surface area contributed by atoms with Crippen LogP contribution in [0.2, 0.25) is 10.0 Å². The van der Waals surface area contributed by atoms with Crippen molar-refractivity contribution in [3.05, 3.63) is 70.0 Å². The summed E-state index contributed by atoms with van der Waals surface area (Å²) in [5, 5.41) is 2.00. The van der Waals surface area contributed by atoms with E-state index in [2.05, 4.69) is 14.9 Å². The van der Waals surface area contributed by atoms with Crippen molar-refractivity contribution in [1.29, 1.82) is 0 Å². The first-order chi connectivity index (χ1) is 14.5. The normalized spacial score (nSPS) is 15.2. The Morgan fingerprint density at radius 3 is 2.63 bits per heavy atom. The van der Waals surface area contributed by atoms with Crippen molar-refractivity contribution < 1.29 is 4.79 Å². The average molecular weight is 442 g/mol. The molecule has 8 heteroatoms. The number of hydrogen-bond acceptors (Lipinski definition) is 5. The predicted octanol–water partition coefficient (Wildman–Crippen LogP) is 3.88. The second-order valence-electron chi connectivity index (χ2n) is 7.14. The highest BCUT2D eigenvalue weighted by Crippen LogP contribution is 2.22. The number of nitrogens with zero attached hydrogens (tertiary/aromatic N) is 4. The Bertz CT molecular complexity index is 1110. The minimum absolute atomic E-state index is 0.0445.